The van der Waals surface area contributed by atoms with E-state index in [0.29, 0.717) is 27.8 Å². The average molecular weight is 454 g/mol. The summed E-state index contributed by atoms with van der Waals surface area (Å²) >= 11 is 0. The Morgan fingerprint density at radius 1 is 0.853 bits per heavy atom. The Balaban J connectivity index is 1.73. The van der Waals surface area contributed by atoms with Crippen LogP contribution in [-0.4, -0.2) is 36.2 Å². The zero-order valence-corrected chi connectivity index (χ0v) is 18.6. The minimum Gasteiger partial charge on any atom is -0.506 e. The van der Waals surface area contributed by atoms with Crippen molar-refractivity contribution in [3.63, 3.8) is 0 Å². The third-order valence-corrected chi connectivity index (χ3v) is 5.26. The van der Waals surface area contributed by atoms with Gasteiger partial charge in [-0.25, -0.2) is 4.79 Å². The summed E-state index contributed by atoms with van der Waals surface area (Å²) in [6.45, 7) is 0. The second kappa shape index (κ2) is 9.41. The minimum atomic E-state index is -1.03. The molecule has 0 aliphatic carbocycles. The topological polar surface area (TPSA) is 115 Å². The van der Waals surface area contributed by atoms with Crippen molar-refractivity contribution in [3.8, 4) is 5.75 Å². The number of anilines is 2. The van der Waals surface area contributed by atoms with Gasteiger partial charge in [-0.1, -0.05) is 36.4 Å². The van der Waals surface area contributed by atoms with Crippen LogP contribution in [0.15, 0.2) is 89.1 Å². The molecule has 0 heterocycles. The molecule has 4 aromatic carbocycles. The highest BCUT2D eigenvalue weighted by Crippen LogP contribution is 2.37. The number of rotatable bonds is 6. The van der Waals surface area contributed by atoms with E-state index < -0.39 is 11.9 Å². The maximum atomic E-state index is 13.2. The molecule has 0 aromatic heterocycles. The summed E-state index contributed by atoms with van der Waals surface area (Å²) in [6.07, 6.45) is 0. The number of nitrogens with zero attached hydrogens (tertiary/aromatic N) is 3. The Morgan fingerprint density at radius 3 is 2.18 bits per heavy atom. The number of carboxylic acid groups (broad SMARTS) is 1. The van der Waals surface area contributed by atoms with Crippen LogP contribution in [0.25, 0.3) is 10.8 Å². The number of amides is 1. The van der Waals surface area contributed by atoms with Gasteiger partial charge in [-0.3, -0.25) is 4.79 Å². The maximum absolute atomic E-state index is 13.2. The van der Waals surface area contributed by atoms with Gasteiger partial charge in [0.05, 0.1) is 33.9 Å². The number of azo groups is 1. The number of carbonyl (C=O) groups excluding carboxylic acids is 1. The van der Waals surface area contributed by atoms with Gasteiger partial charge in [0.1, 0.15) is 5.75 Å². The number of fused-ring (bicyclic) bond motifs is 1. The summed E-state index contributed by atoms with van der Waals surface area (Å²) in [7, 11) is 3.75. The van der Waals surface area contributed by atoms with Crippen LogP contribution < -0.4 is 10.2 Å². The Hall–Kier alpha value is -4.72. The van der Waals surface area contributed by atoms with Crippen molar-refractivity contribution in [1.82, 2.24) is 0 Å². The largest absolute Gasteiger partial charge is 0.506 e. The van der Waals surface area contributed by atoms with Gasteiger partial charge in [0.15, 0.2) is 0 Å². The van der Waals surface area contributed by atoms with Gasteiger partial charge in [-0.05, 0) is 42.5 Å². The molecule has 0 bridgehead atoms. The van der Waals surface area contributed by atoms with Gasteiger partial charge in [-0.15, -0.1) is 5.11 Å². The second-order valence-corrected chi connectivity index (χ2v) is 7.76. The lowest BCUT2D eigenvalue weighted by molar-refractivity contribution is 0.0696. The summed E-state index contributed by atoms with van der Waals surface area (Å²) in [5.41, 5.74) is 2.47. The van der Waals surface area contributed by atoms with Gasteiger partial charge < -0.3 is 20.4 Å². The van der Waals surface area contributed by atoms with E-state index in [4.69, 9.17) is 5.11 Å². The van der Waals surface area contributed by atoms with E-state index in [9.17, 15) is 14.7 Å². The van der Waals surface area contributed by atoms with Crippen molar-refractivity contribution in [2.24, 2.45) is 10.2 Å². The molecular formula is C26H22N4O4. The summed E-state index contributed by atoms with van der Waals surface area (Å²) in [5.74, 6) is -1.67. The first-order chi connectivity index (χ1) is 16.3. The highest BCUT2D eigenvalue weighted by molar-refractivity contribution is 6.13. The number of hydrogen-bond acceptors (Lipinski definition) is 6. The number of benzene rings is 4. The van der Waals surface area contributed by atoms with Crippen molar-refractivity contribution < 1.29 is 19.8 Å². The number of phenolic OH excluding ortho intramolecular Hbond substituents is 1. The predicted octanol–water partition coefficient (Wildman–Crippen LogP) is 5.98. The molecule has 8 nitrogen and oxygen atoms in total. The fourth-order valence-corrected chi connectivity index (χ4v) is 3.54. The molecule has 0 saturated carbocycles. The zero-order valence-electron chi connectivity index (χ0n) is 18.6. The zero-order chi connectivity index (χ0) is 24.2. The van der Waals surface area contributed by atoms with E-state index in [1.54, 1.807) is 42.5 Å². The molecule has 4 rings (SSSR count). The quantitative estimate of drug-likeness (QED) is 0.310. The molecule has 8 heteroatoms. The van der Waals surface area contributed by atoms with Crippen LogP contribution in [0.4, 0.5) is 22.7 Å². The Labute approximate surface area is 195 Å². The monoisotopic (exact) mass is 454 g/mol. The van der Waals surface area contributed by atoms with E-state index in [2.05, 4.69) is 15.5 Å². The molecule has 0 unspecified atom stereocenters. The van der Waals surface area contributed by atoms with Gasteiger partial charge in [0.2, 0.25) is 0 Å². The molecule has 4 aromatic rings. The lowest BCUT2D eigenvalue weighted by Crippen LogP contribution is -2.16. The van der Waals surface area contributed by atoms with Crippen molar-refractivity contribution in [3.05, 3.63) is 90.0 Å². The molecule has 0 saturated heterocycles. The van der Waals surface area contributed by atoms with Crippen LogP contribution in [0.3, 0.4) is 0 Å². The van der Waals surface area contributed by atoms with Crippen LogP contribution in [0.2, 0.25) is 0 Å². The number of hydrogen-bond donors (Lipinski definition) is 3. The first kappa shape index (κ1) is 22.5. The molecule has 0 fully saturated rings. The number of carboxylic acids is 1. The molecule has 1 amide bonds. The van der Waals surface area contributed by atoms with E-state index in [0.717, 1.165) is 5.69 Å². The second-order valence-electron chi connectivity index (χ2n) is 7.76. The standard InChI is InChI=1S/C26H22N4O4/c1-30(2)23-10-6-5-9-21(23)27-25(32)20-15-22(18-7-3-4-8-19(18)24(20)31)29-28-17-13-11-16(12-14-17)26(33)34/h3-15,31H,1-2H3,(H,27,32)(H,33,34). The lowest BCUT2D eigenvalue weighted by Gasteiger charge is -2.18. The van der Waals surface area contributed by atoms with Crippen molar-refractivity contribution >= 4 is 45.4 Å². The number of para-hydroxylation sites is 2. The first-order valence-electron chi connectivity index (χ1n) is 10.4. The third-order valence-electron chi connectivity index (χ3n) is 5.26. The summed E-state index contributed by atoms with van der Waals surface area (Å²) in [4.78, 5) is 26.1. The van der Waals surface area contributed by atoms with Crippen LogP contribution in [0.5, 0.6) is 5.75 Å². The van der Waals surface area contributed by atoms with E-state index in [1.165, 1.54) is 18.2 Å². The van der Waals surface area contributed by atoms with Crippen LogP contribution >= 0.6 is 0 Å². The summed E-state index contributed by atoms with van der Waals surface area (Å²) in [6, 6.07) is 21.8. The summed E-state index contributed by atoms with van der Waals surface area (Å²) in [5, 5.41) is 32.3. The van der Waals surface area contributed by atoms with E-state index in [1.807, 2.05) is 37.2 Å². The fraction of sp³-hybridized carbons (Fsp3) is 0.0769. The SMILES string of the molecule is CN(C)c1ccccc1NC(=O)c1cc(N=Nc2ccc(C(=O)O)cc2)c2ccccc2c1O. The smallest absolute Gasteiger partial charge is 0.335 e. The van der Waals surface area contributed by atoms with Gasteiger partial charge in [0.25, 0.3) is 5.91 Å². The van der Waals surface area contributed by atoms with Crippen LogP contribution in [0, 0.1) is 0 Å². The minimum absolute atomic E-state index is 0.0578. The fourth-order valence-electron chi connectivity index (χ4n) is 3.54. The maximum Gasteiger partial charge on any atom is 0.335 e. The number of phenols is 1. The molecule has 0 aliphatic rings. The van der Waals surface area contributed by atoms with Crippen molar-refractivity contribution in [1.29, 1.82) is 0 Å². The molecule has 0 atom stereocenters. The molecule has 0 spiro atoms. The number of carbonyl (C=O) groups is 2. The van der Waals surface area contributed by atoms with Crippen LogP contribution in [-0.2, 0) is 0 Å². The van der Waals surface area contributed by atoms with E-state index >= 15 is 0 Å². The average Bonchev–Trinajstić information content (AvgIpc) is 2.84. The molecular weight excluding hydrogens is 432 g/mol. The molecule has 170 valence electrons. The highest BCUT2D eigenvalue weighted by Gasteiger charge is 2.18. The van der Waals surface area contributed by atoms with E-state index in [-0.39, 0.29) is 16.9 Å². The van der Waals surface area contributed by atoms with Gasteiger partial charge in [0, 0.05) is 24.9 Å². The Kier molecular flexibility index (Phi) is 6.22. The van der Waals surface area contributed by atoms with Crippen molar-refractivity contribution in [2.75, 3.05) is 24.3 Å². The molecule has 0 radical (unpaired) electrons. The van der Waals surface area contributed by atoms with Crippen LogP contribution in [0.1, 0.15) is 20.7 Å². The molecule has 34 heavy (non-hydrogen) atoms. The van der Waals surface area contributed by atoms with Gasteiger partial charge >= 0.3 is 5.97 Å². The number of nitrogens with one attached hydrogen (secondary N) is 1. The van der Waals surface area contributed by atoms with Crippen molar-refractivity contribution in [2.45, 2.75) is 0 Å². The highest BCUT2D eigenvalue weighted by atomic mass is 16.4. The lowest BCUT2D eigenvalue weighted by atomic mass is 10.0. The first-order valence-corrected chi connectivity index (χ1v) is 10.4. The van der Waals surface area contributed by atoms with Gasteiger partial charge in [-0.2, -0.15) is 5.11 Å². The number of aromatic carboxylic acids is 1. The third kappa shape index (κ3) is 4.56. The Morgan fingerprint density at radius 2 is 1.50 bits per heavy atom. The predicted molar refractivity (Wildman–Crippen MR) is 132 cm³/mol. The Bertz CT molecular complexity index is 1410. The summed E-state index contributed by atoms with van der Waals surface area (Å²) < 4.78 is 0. The number of aromatic hydroxyl groups is 1. The molecule has 3 N–H and O–H groups in total. The normalized spacial score (nSPS) is 11.0. The molecule has 0 aliphatic heterocycles.